The Hall–Kier alpha value is -0.770. The van der Waals surface area contributed by atoms with Crippen LogP contribution in [0.1, 0.15) is 24.5 Å². The van der Waals surface area contributed by atoms with Gasteiger partial charge in [0.1, 0.15) is 5.75 Å². The van der Waals surface area contributed by atoms with Crippen LogP contribution in [-0.4, -0.2) is 25.3 Å². The van der Waals surface area contributed by atoms with Crippen LogP contribution in [-0.2, 0) is 0 Å². The summed E-state index contributed by atoms with van der Waals surface area (Å²) in [6.07, 6.45) is 1.65. The number of benzene rings is 1. The molecule has 0 spiro atoms. The lowest BCUT2D eigenvalue weighted by atomic mass is 9.89. The highest BCUT2D eigenvalue weighted by atomic mass is 35.5. The number of aliphatic hydroxyl groups is 1. The molecule has 1 saturated heterocycles. The summed E-state index contributed by atoms with van der Waals surface area (Å²) in [7, 11) is 1.60. The Morgan fingerprint density at radius 1 is 1.53 bits per heavy atom. The van der Waals surface area contributed by atoms with Crippen molar-refractivity contribution in [1.29, 1.82) is 0 Å². The first-order chi connectivity index (χ1) is 8.22. The molecule has 17 heavy (non-hydrogen) atoms. The number of rotatable bonds is 3. The van der Waals surface area contributed by atoms with Gasteiger partial charge in [0.05, 0.1) is 18.2 Å². The Labute approximate surface area is 107 Å². The second-order valence-electron chi connectivity index (χ2n) is 4.44. The van der Waals surface area contributed by atoms with E-state index in [0.717, 1.165) is 31.5 Å². The van der Waals surface area contributed by atoms with E-state index in [-0.39, 0.29) is 5.92 Å². The predicted octanol–water partition coefficient (Wildman–Crippen LogP) is 2.38. The van der Waals surface area contributed by atoms with Crippen molar-refractivity contribution in [2.75, 3.05) is 20.2 Å². The van der Waals surface area contributed by atoms with Crippen molar-refractivity contribution in [3.63, 3.8) is 0 Å². The van der Waals surface area contributed by atoms with Crippen LogP contribution in [0.2, 0.25) is 5.02 Å². The van der Waals surface area contributed by atoms with Gasteiger partial charge in [-0.2, -0.15) is 0 Å². The fraction of sp³-hybridized carbons (Fsp3) is 0.538. The number of hydrogen-bond donors (Lipinski definition) is 2. The SMILES string of the molecule is COc1ccc(C(O)C2CCCNC2)c(Cl)c1. The highest BCUT2D eigenvalue weighted by molar-refractivity contribution is 6.31. The number of aliphatic hydroxyl groups excluding tert-OH is 1. The zero-order valence-electron chi connectivity index (χ0n) is 9.95. The number of methoxy groups -OCH3 is 1. The second-order valence-corrected chi connectivity index (χ2v) is 4.85. The highest BCUT2D eigenvalue weighted by Crippen LogP contribution is 2.33. The molecular formula is C13H18ClNO2. The van der Waals surface area contributed by atoms with E-state index in [1.807, 2.05) is 12.1 Å². The van der Waals surface area contributed by atoms with E-state index >= 15 is 0 Å². The second kappa shape index (κ2) is 5.71. The Morgan fingerprint density at radius 3 is 2.94 bits per heavy atom. The lowest BCUT2D eigenvalue weighted by Gasteiger charge is -2.28. The molecule has 1 aliphatic rings. The molecule has 0 aromatic heterocycles. The summed E-state index contributed by atoms with van der Waals surface area (Å²) in [5.41, 5.74) is 0.793. The average molecular weight is 256 g/mol. The molecule has 4 heteroatoms. The molecule has 0 aliphatic carbocycles. The molecular weight excluding hydrogens is 238 g/mol. The molecule has 2 atom stereocenters. The van der Waals surface area contributed by atoms with Gasteiger partial charge in [0.2, 0.25) is 0 Å². The Kier molecular flexibility index (Phi) is 4.26. The first-order valence-electron chi connectivity index (χ1n) is 5.94. The van der Waals surface area contributed by atoms with Crippen LogP contribution in [0.5, 0.6) is 5.75 Å². The zero-order valence-corrected chi connectivity index (χ0v) is 10.7. The van der Waals surface area contributed by atoms with Gasteiger partial charge >= 0.3 is 0 Å². The van der Waals surface area contributed by atoms with Gasteiger partial charge in [0.25, 0.3) is 0 Å². The number of nitrogens with one attached hydrogen (secondary N) is 1. The third kappa shape index (κ3) is 2.92. The molecule has 0 amide bonds. The third-order valence-corrected chi connectivity index (χ3v) is 3.64. The van der Waals surface area contributed by atoms with E-state index in [2.05, 4.69) is 5.32 Å². The minimum atomic E-state index is -0.499. The van der Waals surface area contributed by atoms with Crippen LogP contribution in [0.3, 0.4) is 0 Å². The maximum Gasteiger partial charge on any atom is 0.120 e. The van der Waals surface area contributed by atoms with E-state index in [9.17, 15) is 5.11 Å². The first kappa shape index (κ1) is 12.7. The fourth-order valence-corrected chi connectivity index (χ4v) is 2.56. The molecule has 1 aliphatic heterocycles. The summed E-state index contributed by atoms with van der Waals surface area (Å²) in [5, 5.41) is 14.2. The lowest BCUT2D eigenvalue weighted by molar-refractivity contribution is 0.0922. The molecule has 1 aromatic rings. The molecule has 0 radical (unpaired) electrons. The Balaban J connectivity index is 2.15. The number of piperidine rings is 1. The Morgan fingerprint density at radius 2 is 2.35 bits per heavy atom. The topological polar surface area (TPSA) is 41.5 Å². The molecule has 2 N–H and O–H groups in total. The maximum absolute atomic E-state index is 10.3. The van der Waals surface area contributed by atoms with Gasteiger partial charge in [-0.05, 0) is 37.1 Å². The number of ether oxygens (including phenoxy) is 1. The quantitative estimate of drug-likeness (QED) is 0.872. The highest BCUT2D eigenvalue weighted by Gasteiger charge is 2.24. The number of halogens is 1. The summed E-state index contributed by atoms with van der Waals surface area (Å²) >= 11 is 6.16. The minimum Gasteiger partial charge on any atom is -0.497 e. The monoisotopic (exact) mass is 255 g/mol. The molecule has 0 saturated carbocycles. The van der Waals surface area contributed by atoms with Gasteiger partial charge in [-0.1, -0.05) is 17.7 Å². The standard InChI is InChI=1S/C13H18ClNO2/c1-17-10-4-5-11(12(14)7-10)13(16)9-3-2-6-15-8-9/h4-5,7,9,13,15-16H,2-3,6,8H2,1H3. The van der Waals surface area contributed by atoms with E-state index in [4.69, 9.17) is 16.3 Å². The summed E-state index contributed by atoms with van der Waals surface area (Å²) in [6, 6.07) is 5.43. The van der Waals surface area contributed by atoms with Gasteiger partial charge in [-0.25, -0.2) is 0 Å². The molecule has 0 bridgehead atoms. The fourth-order valence-electron chi connectivity index (χ4n) is 2.28. The Bertz CT molecular complexity index is 378. The molecule has 1 fully saturated rings. The third-order valence-electron chi connectivity index (χ3n) is 3.31. The van der Waals surface area contributed by atoms with Crippen molar-refractivity contribution < 1.29 is 9.84 Å². The van der Waals surface area contributed by atoms with Gasteiger partial charge in [-0.15, -0.1) is 0 Å². The number of hydrogen-bond acceptors (Lipinski definition) is 3. The van der Waals surface area contributed by atoms with Crippen LogP contribution in [0.4, 0.5) is 0 Å². The largest absolute Gasteiger partial charge is 0.497 e. The van der Waals surface area contributed by atoms with Crippen LogP contribution in [0.15, 0.2) is 18.2 Å². The molecule has 3 nitrogen and oxygen atoms in total. The summed E-state index contributed by atoms with van der Waals surface area (Å²) in [4.78, 5) is 0. The average Bonchev–Trinajstić information content (AvgIpc) is 2.39. The van der Waals surface area contributed by atoms with Crippen LogP contribution in [0.25, 0.3) is 0 Å². The van der Waals surface area contributed by atoms with Gasteiger partial charge in [0.15, 0.2) is 0 Å². The molecule has 1 heterocycles. The van der Waals surface area contributed by atoms with Gasteiger partial charge in [-0.3, -0.25) is 0 Å². The van der Waals surface area contributed by atoms with E-state index in [1.54, 1.807) is 13.2 Å². The summed E-state index contributed by atoms with van der Waals surface area (Å²) in [6.45, 7) is 1.89. The zero-order chi connectivity index (χ0) is 12.3. The van der Waals surface area contributed by atoms with Crippen molar-refractivity contribution in [3.05, 3.63) is 28.8 Å². The predicted molar refractivity (Wildman–Crippen MR) is 68.6 cm³/mol. The van der Waals surface area contributed by atoms with Gasteiger partial charge < -0.3 is 15.2 Å². The maximum atomic E-state index is 10.3. The minimum absolute atomic E-state index is 0.245. The van der Waals surface area contributed by atoms with Crippen molar-refractivity contribution >= 4 is 11.6 Å². The summed E-state index contributed by atoms with van der Waals surface area (Å²) < 4.78 is 5.10. The lowest BCUT2D eigenvalue weighted by Crippen LogP contribution is -2.33. The van der Waals surface area contributed by atoms with E-state index in [0.29, 0.717) is 10.8 Å². The molecule has 94 valence electrons. The van der Waals surface area contributed by atoms with E-state index < -0.39 is 6.10 Å². The van der Waals surface area contributed by atoms with Crippen molar-refractivity contribution in [3.8, 4) is 5.75 Å². The summed E-state index contributed by atoms with van der Waals surface area (Å²) in [5.74, 6) is 0.961. The van der Waals surface area contributed by atoms with E-state index in [1.165, 1.54) is 0 Å². The normalized spacial score (nSPS) is 22.2. The smallest absolute Gasteiger partial charge is 0.120 e. The van der Waals surface area contributed by atoms with Crippen molar-refractivity contribution in [1.82, 2.24) is 5.32 Å². The first-order valence-corrected chi connectivity index (χ1v) is 6.32. The van der Waals surface area contributed by atoms with Crippen molar-refractivity contribution in [2.45, 2.75) is 18.9 Å². The molecule has 2 rings (SSSR count). The van der Waals surface area contributed by atoms with Gasteiger partial charge in [0, 0.05) is 12.5 Å². The van der Waals surface area contributed by atoms with Crippen molar-refractivity contribution in [2.24, 2.45) is 5.92 Å². The molecule has 1 aromatic carbocycles. The van der Waals surface area contributed by atoms with Crippen LogP contribution >= 0.6 is 11.6 Å². The van der Waals surface area contributed by atoms with Crippen LogP contribution in [0, 0.1) is 5.92 Å². The molecule has 2 unspecified atom stereocenters. The van der Waals surface area contributed by atoms with Crippen LogP contribution < -0.4 is 10.1 Å².